The van der Waals surface area contributed by atoms with Crippen LogP contribution < -0.4 is 5.73 Å². The predicted molar refractivity (Wildman–Crippen MR) is 76.8 cm³/mol. The molecule has 3 aromatic rings. The van der Waals surface area contributed by atoms with E-state index in [1.165, 1.54) is 5.56 Å². The van der Waals surface area contributed by atoms with E-state index in [9.17, 15) is 0 Å². The summed E-state index contributed by atoms with van der Waals surface area (Å²) in [7, 11) is 0. The van der Waals surface area contributed by atoms with Gasteiger partial charge in [0.1, 0.15) is 5.52 Å². The third kappa shape index (κ3) is 2.29. The van der Waals surface area contributed by atoms with Gasteiger partial charge >= 0.3 is 0 Å². The van der Waals surface area contributed by atoms with Crippen LogP contribution >= 0.6 is 0 Å². The minimum absolute atomic E-state index is 0.532. The molecule has 0 radical (unpaired) electrons. The van der Waals surface area contributed by atoms with Crippen molar-refractivity contribution < 1.29 is 0 Å². The zero-order valence-corrected chi connectivity index (χ0v) is 10.9. The van der Waals surface area contributed by atoms with Crippen molar-refractivity contribution in [1.29, 1.82) is 0 Å². The highest BCUT2D eigenvalue weighted by atomic mass is 15.2. The van der Waals surface area contributed by atoms with Crippen molar-refractivity contribution in [2.45, 2.75) is 19.9 Å². The fourth-order valence-corrected chi connectivity index (χ4v) is 2.24. The summed E-state index contributed by atoms with van der Waals surface area (Å²) in [6, 6.07) is 12.4. The number of anilines is 1. The number of aromatic nitrogens is 3. The van der Waals surface area contributed by atoms with Gasteiger partial charge < -0.3 is 5.73 Å². The highest BCUT2D eigenvalue weighted by Crippen LogP contribution is 2.17. The zero-order valence-electron chi connectivity index (χ0n) is 10.9. The van der Waals surface area contributed by atoms with Crippen LogP contribution in [0.25, 0.3) is 11.2 Å². The first-order valence-corrected chi connectivity index (χ1v) is 6.36. The smallest absolute Gasteiger partial charge is 0.202 e. The third-order valence-electron chi connectivity index (χ3n) is 3.22. The number of nitrogens with two attached hydrogens (primary N) is 1. The molecule has 0 amide bonds. The number of hydrogen-bond acceptors (Lipinski definition) is 3. The van der Waals surface area contributed by atoms with E-state index in [2.05, 4.69) is 22.1 Å². The van der Waals surface area contributed by atoms with Crippen molar-refractivity contribution in [3.8, 4) is 0 Å². The minimum atomic E-state index is 0.532. The summed E-state index contributed by atoms with van der Waals surface area (Å²) < 4.78 is 1.97. The Morgan fingerprint density at radius 2 is 2.00 bits per heavy atom. The largest absolute Gasteiger partial charge is 0.369 e. The highest BCUT2D eigenvalue weighted by Gasteiger charge is 2.09. The molecule has 96 valence electrons. The summed E-state index contributed by atoms with van der Waals surface area (Å²) in [5, 5.41) is 0. The Morgan fingerprint density at radius 3 is 2.79 bits per heavy atom. The second-order valence-electron chi connectivity index (χ2n) is 4.71. The summed E-state index contributed by atoms with van der Waals surface area (Å²) in [5.41, 5.74) is 10.1. The molecule has 0 saturated heterocycles. The number of pyridine rings is 1. The van der Waals surface area contributed by atoms with Gasteiger partial charge in [-0.1, -0.05) is 30.3 Å². The number of fused-ring (bicyclic) bond motifs is 1. The number of benzene rings is 1. The molecule has 4 nitrogen and oxygen atoms in total. The van der Waals surface area contributed by atoms with Crippen LogP contribution in [-0.4, -0.2) is 14.5 Å². The maximum Gasteiger partial charge on any atom is 0.202 e. The van der Waals surface area contributed by atoms with E-state index in [4.69, 9.17) is 5.73 Å². The van der Waals surface area contributed by atoms with Gasteiger partial charge in [0.2, 0.25) is 5.95 Å². The van der Waals surface area contributed by atoms with E-state index in [0.29, 0.717) is 5.95 Å². The number of hydrogen-bond donors (Lipinski definition) is 1. The number of imidazole rings is 1. The minimum Gasteiger partial charge on any atom is -0.369 e. The predicted octanol–water partition coefficient (Wildman–Crippen LogP) is 2.56. The monoisotopic (exact) mass is 252 g/mol. The standard InChI is InChI=1S/C15H16N4/c1-11-9-13-14(17-10-11)19(15(16)18-13)8-7-12-5-3-2-4-6-12/h2-6,9-10H,7-8H2,1H3,(H2,16,18). The van der Waals surface area contributed by atoms with E-state index in [-0.39, 0.29) is 0 Å². The average molecular weight is 252 g/mol. The number of aryl methyl sites for hydroxylation is 3. The van der Waals surface area contributed by atoms with E-state index in [1.807, 2.05) is 42.0 Å². The molecule has 2 heterocycles. The first-order chi connectivity index (χ1) is 9.24. The van der Waals surface area contributed by atoms with Crippen LogP contribution in [0.3, 0.4) is 0 Å². The molecule has 0 unspecified atom stereocenters. The van der Waals surface area contributed by atoms with Crippen LogP contribution in [0, 0.1) is 6.92 Å². The molecule has 0 bridgehead atoms. The van der Waals surface area contributed by atoms with Gasteiger partial charge in [-0.05, 0) is 30.5 Å². The van der Waals surface area contributed by atoms with Gasteiger partial charge in [-0.25, -0.2) is 9.97 Å². The molecule has 1 aromatic carbocycles. The van der Waals surface area contributed by atoms with E-state index in [0.717, 1.165) is 29.7 Å². The molecule has 0 atom stereocenters. The lowest BCUT2D eigenvalue weighted by atomic mass is 10.1. The molecular formula is C15H16N4. The lowest BCUT2D eigenvalue weighted by molar-refractivity contribution is 0.719. The Kier molecular flexibility index (Phi) is 2.91. The molecule has 0 aliphatic heterocycles. The van der Waals surface area contributed by atoms with Gasteiger partial charge in [-0.15, -0.1) is 0 Å². The van der Waals surface area contributed by atoms with Crippen molar-refractivity contribution >= 4 is 17.1 Å². The fourth-order valence-electron chi connectivity index (χ4n) is 2.24. The van der Waals surface area contributed by atoms with Crippen molar-refractivity contribution in [3.63, 3.8) is 0 Å². The highest BCUT2D eigenvalue weighted by molar-refractivity contribution is 5.74. The van der Waals surface area contributed by atoms with E-state index >= 15 is 0 Å². The first kappa shape index (κ1) is 11.7. The van der Waals surface area contributed by atoms with Gasteiger partial charge in [0, 0.05) is 12.7 Å². The Hall–Kier alpha value is -2.36. The molecule has 2 aromatic heterocycles. The van der Waals surface area contributed by atoms with Crippen molar-refractivity contribution in [2.24, 2.45) is 0 Å². The Bertz CT molecular complexity index is 701. The van der Waals surface area contributed by atoms with Crippen LogP contribution in [0.2, 0.25) is 0 Å². The van der Waals surface area contributed by atoms with Crippen molar-refractivity contribution in [3.05, 3.63) is 53.7 Å². The average Bonchev–Trinajstić information content (AvgIpc) is 2.72. The third-order valence-corrected chi connectivity index (χ3v) is 3.22. The Labute approximate surface area is 111 Å². The molecule has 0 spiro atoms. The van der Waals surface area contributed by atoms with E-state index < -0.39 is 0 Å². The van der Waals surface area contributed by atoms with Gasteiger partial charge in [0.25, 0.3) is 0 Å². The van der Waals surface area contributed by atoms with Crippen LogP contribution in [0.15, 0.2) is 42.6 Å². The maximum atomic E-state index is 5.98. The van der Waals surface area contributed by atoms with Crippen LogP contribution in [0.5, 0.6) is 0 Å². The molecule has 0 saturated carbocycles. The number of nitrogens with zero attached hydrogens (tertiary/aromatic N) is 3. The lowest BCUT2D eigenvalue weighted by Crippen LogP contribution is -2.06. The lowest BCUT2D eigenvalue weighted by Gasteiger charge is -2.05. The topological polar surface area (TPSA) is 56.7 Å². The SMILES string of the molecule is Cc1cnc2c(c1)nc(N)n2CCc1ccccc1. The first-order valence-electron chi connectivity index (χ1n) is 6.36. The number of rotatable bonds is 3. The summed E-state index contributed by atoms with van der Waals surface area (Å²) in [6.45, 7) is 2.80. The molecule has 19 heavy (non-hydrogen) atoms. The molecule has 0 aliphatic rings. The second kappa shape index (κ2) is 4.72. The van der Waals surface area contributed by atoms with Crippen LogP contribution in [0.1, 0.15) is 11.1 Å². The van der Waals surface area contributed by atoms with Gasteiger partial charge in [-0.3, -0.25) is 4.57 Å². The molecule has 2 N–H and O–H groups in total. The normalized spacial score (nSPS) is 11.0. The second-order valence-corrected chi connectivity index (χ2v) is 4.71. The summed E-state index contributed by atoms with van der Waals surface area (Å²) in [6.07, 6.45) is 2.77. The molecule has 3 rings (SSSR count). The quantitative estimate of drug-likeness (QED) is 0.779. The molecular weight excluding hydrogens is 236 g/mol. The summed E-state index contributed by atoms with van der Waals surface area (Å²) >= 11 is 0. The molecule has 4 heteroatoms. The molecule has 0 fully saturated rings. The summed E-state index contributed by atoms with van der Waals surface area (Å²) in [4.78, 5) is 8.80. The maximum absolute atomic E-state index is 5.98. The van der Waals surface area contributed by atoms with E-state index in [1.54, 1.807) is 0 Å². The molecule has 0 aliphatic carbocycles. The Balaban J connectivity index is 1.90. The van der Waals surface area contributed by atoms with Crippen LogP contribution in [-0.2, 0) is 13.0 Å². The summed E-state index contributed by atoms with van der Waals surface area (Å²) in [5.74, 6) is 0.532. The van der Waals surface area contributed by atoms with Gasteiger partial charge in [0.15, 0.2) is 5.65 Å². The van der Waals surface area contributed by atoms with Crippen molar-refractivity contribution in [2.75, 3.05) is 5.73 Å². The zero-order chi connectivity index (χ0) is 13.2. The fraction of sp³-hybridized carbons (Fsp3) is 0.200. The van der Waals surface area contributed by atoms with Gasteiger partial charge in [-0.2, -0.15) is 0 Å². The number of nitrogen functional groups attached to an aromatic ring is 1. The van der Waals surface area contributed by atoms with Gasteiger partial charge in [0.05, 0.1) is 0 Å². The van der Waals surface area contributed by atoms with Crippen molar-refractivity contribution in [1.82, 2.24) is 14.5 Å². The Morgan fingerprint density at radius 1 is 1.21 bits per heavy atom. The van der Waals surface area contributed by atoms with Crippen LogP contribution in [0.4, 0.5) is 5.95 Å².